The molecule has 3 nitrogen and oxygen atoms in total. The Labute approximate surface area is 129 Å². The number of unbranched alkanes of at least 4 members (excludes halogenated alkanes) is 1. The Kier molecular flexibility index (Phi) is 6.43. The fourth-order valence-corrected chi connectivity index (χ4v) is 4.55. The summed E-state index contributed by atoms with van der Waals surface area (Å²) >= 11 is 0. The van der Waals surface area contributed by atoms with Gasteiger partial charge in [-0.25, -0.2) is 4.79 Å². The van der Waals surface area contributed by atoms with Gasteiger partial charge in [-0.3, -0.25) is 4.21 Å². The number of carbonyl (C=O) groups excluding carboxylic acids is 1. The lowest BCUT2D eigenvalue weighted by Crippen LogP contribution is -2.38. The molecule has 4 heteroatoms. The number of esters is 1. The Balaban J connectivity index is 1.98. The Bertz CT molecular complexity index is 472. The van der Waals surface area contributed by atoms with E-state index < -0.39 is 10.8 Å². The van der Waals surface area contributed by atoms with Gasteiger partial charge < -0.3 is 4.74 Å². The summed E-state index contributed by atoms with van der Waals surface area (Å²) in [6.45, 7) is 2.10. The van der Waals surface area contributed by atoms with Gasteiger partial charge in [-0.15, -0.1) is 0 Å². The van der Waals surface area contributed by atoms with E-state index >= 15 is 0 Å². The topological polar surface area (TPSA) is 43.4 Å². The van der Waals surface area contributed by atoms with Gasteiger partial charge in [0.25, 0.3) is 0 Å². The summed E-state index contributed by atoms with van der Waals surface area (Å²) in [5.41, 5.74) is 0.571. The van der Waals surface area contributed by atoms with Gasteiger partial charge in [0.2, 0.25) is 0 Å². The second-order valence-electron chi connectivity index (χ2n) is 5.57. The molecule has 116 valence electrons. The lowest BCUT2D eigenvalue weighted by Gasteiger charge is -2.30. The first-order valence-electron chi connectivity index (χ1n) is 7.85. The third-order valence-corrected chi connectivity index (χ3v) is 5.85. The van der Waals surface area contributed by atoms with Crippen LogP contribution >= 0.6 is 0 Å². The normalized spacial score (nSPS) is 23.5. The Morgan fingerprint density at radius 2 is 1.95 bits per heavy atom. The van der Waals surface area contributed by atoms with Crippen LogP contribution in [0.5, 0.6) is 0 Å². The zero-order valence-corrected chi connectivity index (χ0v) is 13.4. The average Bonchev–Trinajstić information content (AvgIpc) is 2.54. The van der Waals surface area contributed by atoms with Crippen molar-refractivity contribution in [2.45, 2.75) is 56.8 Å². The highest BCUT2D eigenvalue weighted by atomic mass is 32.2. The smallest absolute Gasteiger partial charge is 0.338 e. The molecule has 0 N–H and O–H groups in total. The van der Waals surface area contributed by atoms with Crippen molar-refractivity contribution in [1.29, 1.82) is 0 Å². The van der Waals surface area contributed by atoms with Crippen LogP contribution < -0.4 is 0 Å². The Hall–Kier alpha value is -1.16. The van der Waals surface area contributed by atoms with Crippen LogP contribution in [0.1, 0.15) is 55.8 Å². The molecule has 1 aliphatic carbocycles. The Morgan fingerprint density at radius 1 is 1.24 bits per heavy atom. The van der Waals surface area contributed by atoms with Crippen LogP contribution in [0.3, 0.4) is 0 Å². The molecule has 3 atom stereocenters. The molecule has 0 spiro atoms. The first kappa shape index (κ1) is 16.2. The second kappa shape index (κ2) is 8.32. The largest absolute Gasteiger partial charge is 0.458 e. The van der Waals surface area contributed by atoms with Crippen LogP contribution in [-0.2, 0) is 15.5 Å². The highest BCUT2D eigenvalue weighted by molar-refractivity contribution is 7.85. The fourth-order valence-electron chi connectivity index (χ4n) is 2.72. The molecule has 0 unspecified atom stereocenters. The van der Waals surface area contributed by atoms with Crippen molar-refractivity contribution in [3.63, 3.8) is 0 Å². The molecule has 1 saturated carbocycles. The molecule has 1 fully saturated rings. The van der Waals surface area contributed by atoms with Gasteiger partial charge in [-0.2, -0.15) is 0 Å². The van der Waals surface area contributed by atoms with E-state index in [1.807, 2.05) is 18.2 Å². The van der Waals surface area contributed by atoms with Gasteiger partial charge in [-0.05, 0) is 37.8 Å². The molecule has 0 aliphatic heterocycles. The molecule has 1 aromatic carbocycles. The van der Waals surface area contributed by atoms with Gasteiger partial charge >= 0.3 is 5.97 Å². The molecule has 0 saturated heterocycles. The number of hydrogen-bond donors (Lipinski definition) is 0. The van der Waals surface area contributed by atoms with Crippen molar-refractivity contribution in [2.24, 2.45) is 0 Å². The van der Waals surface area contributed by atoms with E-state index in [0.29, 0.717) is 5.56 Å². The summed E-state index contributed by atoms with van der Waals surface area (Å²) in [5.74, 6) is 0.431. The molecular weight excluding hydrogens is 284 g/mol. The van der Waals surface area contributed by atoms with E-state index in [4.69, 9.17) is 4.74 Å². The van der Waals surface area contributed by atoms with E-state index in [0.717, 1.165) is 44.3 Å². The minimum Gasteiger partial charge on any atom is -0.458 e. The van der Waals surface area contributed by atoms with E-state index in [-0.39, 0.29) is 17.3 Å². The molecule has 2 rings (SSSR count). The van der Waals surface area contributed by atoms with Crippen LogP contribution in [0.25, 0.3) is 0 Å². The van der Waals surface area contributed by atoms with Crippen molar-refractivity contribution >= 4 is 16.8 Å². The third-order valence-electron chi connectivity index (χ3n) is 3.95. The molecule has 0 aromatic heterocycles. The predicted molar refractivity (Wildman–Crippen MR) is 85.8 cm³/mol. The van der Waals surface area contributed by atoms with Crippen molar-refractivity contribution in [3.05, 3.63) is 35.9 Å². The molecule has 21 heavy (non-hydrogen) atoms. The molecule has 1 aliphatic rings. The summed E-state index contributed by atoms with van der Waals surface area (Å²) in [7, 11) is -0.886. The predicted octanol–water partition coefficient (Wildman–Crippen LogP) is 3.70. The lowest BCUT2D eigenvalue weighted by molar-refractivity contribution is 0.0226. The van der Waals surface area contributed by atoms with Gasteiger partial charge in [0.15, 0.2) is 0 Å². The summed E-state index contributed by atoms with van der Waals surface area (Å²) in [4.78, 5) is 12.2. The molecule has 0 bridgehead atoms. The van der Waals surface area contributed by atoms with Crippen LogP contribution in [0.2, 0.25) is 0 Å². The summed E-state index contributed by atoms with van der Waals surface area (Å²) in [6.07, 6.45) is 5.71. The van der Waals surface area contributed by atoms with Gasteiger partial charge in [0.05, 0.1) is 10.8 Å². The number of carbonyl (C=O) groups is 1. The summed E-state index contributed by atoms with van der Waals surface area (Å²) in [5, 5.41) is 0.0120. The number of benzene rings is 1. The first-order valence-corrected chi connectivity index (χ1v) is 9.23. The zero-order valence-electron chi connectivity index (χ0n) is 12.6. The van der Waals surface area contributed by atoms with E-state index in [1.165, 1.54) is 0 Å². The van der Waals surface area contributed by atoms with Crippen LogP contribution in [-0.4, -0.2) is 27.3 Å². The monoisotopic (exact) mass is 308 g/mol. The van der Waals surface area contributed by atoms with E-state index in [9.17, 15) is 9.00 Å². The van der Waals surface area contributed by atoms with E-state index in [2.05, 4.69) is 6.92 Å². The molecule has 0 heterocycles. The summed E-state index contributed by atoms with van der Waals surface area (Å²) < 4.78 is 18.1. The average molecular weight is 308 g/mol. The maximum atomic E-state index is 12.4. The number of hydrogen-bond acceptors (Lipinski definition) is 3. The summed E-state index contributed by atoms with van der Waals surface area (Å²) in [6, 6.07) is 9.05. The van der Waals surface area contributed by atoms with Crippen molar-refractivity contribution in [1.82, 2.24) is 0 Å². The van der Waals surface area contributed by atoms with Crippen LogP contribution in [0.15, 0.2) is 30.3 Å². The molecule has 1 aromatic rings. The van der Waals surface area contributed by atoms with Crippen LogP contribution in [0, 0.1) is 0 Å². The van der Waals surface area contributed by atoms with Gasteiger partial charge in [0.1, 0.15) is 6.10 Å². The van der Waals surface area contributed by atoms with Gasteiger partial charge in [-0.1, -0.05) is 38.0 Å². The van der Waals surface area contributed by atoms with Crippen molar-refractivity contribution < 1.29 is 13.7 Å². The maximum absolute atomic E-state index is 12.4. The molecular formula is C17H24O3S. The molecule has 0 radical (unpaired) electrons. The van der Waals surface area contributed by atoms with Crippen molar-refractivity contribution in [2.75, 3.05) is 5.75 Å². The third kappa shape index (κ3) is 4.67. The maximum Gasteiger partial charge on any atom is 0.338 e. The van der Waals surface area contributed by atoms with Gasteiger partial charge in [0, 0.05) is 16.6 Å². The standard InChI is InChI=1S/C17H24O3S/c1-2-3-13-21(19)16-12-8-7-11-15(16)20-17(18)14-9-5-4-6-10-14/h4-6,9-10,15-16H,2-3,7-8,11-13H2,1H3/t15-,16+,21-/m1/s1. The SMILES string of the molecule is CCCC[S@@](=O)[C@H]1CCCC[C@H]1OC(=O)c1ccccc1. The minimum atomic E-state index is -0.886. The fraction of sp³-hybridized carbons (Fsp3) is 0.588. The minimum absolute atomic E-state index is 0.0120. The second-order valence-corrected chi connectivity index (χ2v) is 7.35. The number of rotatable bonds is 6. The first-order chi connectivity index (χ1) is 10.2. The zero-order chi connectivity index (χ0) is 15.1. The van der Waals surface area contributed by atoms with E-state index in [1.54, 1.807) is 12.1 Å². The quantitative estimate of drug-likeness (QED) is 0.753. The van der Waals surface area contributed by atoms with Crippen LogP contribution in [0.4, 0.5) is 0 Å². The molecule has 0 amide bonds. The lowest BCUT2D eigenvalue weighted by atomic mass is 9.97. The highest BCUT2D eigenvalue weighted by Crippen LogP contribution is 2.26. The number of ether oxygens (including phenoxy) is 1. The van der Waals surface area contributed by atoms with Crippen molar-refractivity contribution in [3.8, 4) is 0 Å². The Morgan fingerprint density at radius 3 is 2.67 bits per heavy atom. The highest BCUT2D eigenvalue weighted by Gasteiger charge is 2.32.